The van der Waals surface area contributed by atoms with E-state index < -0.39 is 29.5 Å². The van der Waals surface area contributed by atoms with Gasteiger partial charge in [0.05, 0.1) is 32.8 Å². The molecule has 0 saturated carbocycles. The molecule has 3 aromatic rings. The van der Waals surface area contributed by atoms with Crippen molar-refractivity contribution in [1.29, 1.82) is 0 Å². The zero-order valence-electron chi connectivity index (χ0n) is 18.5. The number of carboxylic acid groups (broad SMARTS) is 1. The fraction of sp³-hybridized carbons (Fsp3) is 0.167. The lowest BCUT2D eigenvalue weighted by molar-refractivity contribution is -0.125. The molecule has 0 unspecified atom stereocenters. The molecule has 0 spiro atoms. The number of rotatable bonds is 7. The molecule has 0 aliphatic carbocycles. The van der Waals surface area contributed by atoms with Gasteiger partial charge in [-0.15, -0.1) is 11.3 Å². The van der Waals surface area contributed by atoms with Crippen LogP contribution < -0.4 is 15.5 Å². The van der Waals surface area contributed by atoms with Crippen molar-refractivity contribution in [1.82, 2.24) is 5.32 Å². The second-order valence-corrected chi connectivity index (χ2v) is 9.36. The van der Waals surface area contributed by atoms with E-state index in [-0.39, 0.29) is 48.8 Å². The number of nitrogens with zero attached hydrogens (tertiary/aromatic N) is 1. The number of para-hydroxylation sites is 1. The second kappa shape index (κ2) is 10.9. The van der Waals surface area contributed by atoms with Crippen molar-refractivity contribution < 1.29 is 33.4 Å². The van der Waals surface area contributed by atoms with E-state index in [9.17, 15) is 28.7 Å². The van der Waals surface area contributed by atoms with Crippen LogP contribution >= 0.6 is 22.9 Å². The van der Waals surface area contributed by atoms with Gasteiger partial charge in [0.2, 0.25) is 0 Å². The number of thiophene rings is 1. The molecule has 3 N–H and O–H groups in total. The van der Waals surface area contributed by atoms with Gasteiger partial charge in [-0.1, -0.05) is 23.7 Å². The maximum Gasteiger partial charge on any atom is 0.337 e. The minimum atomic E-state index is -1.30. The number of morpholine rings is 1. The lowest BCUT2D eigenvalue weighted by Gasteiger charge is -2.27. The Morgan fingerprint density at radius 2 is 1.94 bits per heavy atom. The van der Waals surface area contributed by atoms with Crippen LogP contribution in [-0.4, -0.2) is 48.6 Å². The highest BCUT2D eigenvalue weighted by atomic mass is 35.5. The third-order valence-electron chi connectivity index (χ3n) is 5.34. The van der Waals surface area contributed by atoms with Crippen LogP contribution in [0.15, 0.2) is 48.5 Å². The Bertz CT molecular complexity index is 1360. The quantitative estimate of drug-likeness (QED) is 0.426. The van der Waals surface area contributed by atoms with E-state index in [1.807, 2.05) is 0 Å². The zero-order chi connectivity index (χ0) is 25.8. The number of nitrogens with one attached hydrogen (secondary N) is 2. The van der Waals surface area contributed by atoms with Gasteiger partial charge in [-0.25, -0.2) is 9.18 Å². The van der Waals surface area contributed by atoms with Crippen molar-refractivity contribution in [3.63, 3.8) is 0 Å². The van der Waals surface area contributed by atoms with Crippen LogP contribution in [0, 0.1) is 5.82 Å². The smallest absolute Gasteiger partial charge is 0.337 e. The number of anilines is 2. The minimum absolute atomic E-state index is 0.0165. The molecule has 3 amide bonds. The van der Waals surface area contributed by atoms with Crippen molar-refractivity contribution in [2.75, 3.05) is 30.0 Å². The van der Waals surface area contributed by atoms with Crippen LogP contribution in [0.4, 0.5) is 15.8 Å². The van der Waals surface area contributed by atoms with Crippen molar-refractivity contribution in [3.8, 4) is 0 Å². The Morgan fingerprint density at radius 1 is 1.14 bits per heavy atom. The van der Waals surface area contributed by atoms with Gasteiger partial charge in [0.1, 0.15) is 12.4 Å². The summed E-state index contributed by atoms with van der Waals surface area (Å²) >= 11 is 6.95. The molecule has 2 heterocycles. The van der Waals surface area contributed by atoms with E-state index in [1.54, 1.807) is 18.2 Å². The molecule has 1 aliphatic heterocycles. The lowest BCUT2D eigenvalue weighted by atomic mass is 10.1. The van der Waals surface area contributed by atoms with Crippen molar-refractivity contribution in [2.24, 2.45) is 0 Å². The molecule has 12 heteroatoms. The first-order valence-corrected chi connectivity index (χ1v) is 11.8. The number of carbonyl (C=O) groups excluding carboxylic acids is 3. The van der Waals surface area contributed by atoms with Crippen LogP contribution in [0.5, 0.6) is 0 Å². The molecule has 4 rings (SSSR count). The van der Waals surface area contributed by atoms with Gasteiger partial charge < -0.3 is 25.4 Å². The van der Waals surface area contributed by atoms with E-state index in [1.165, 1.54) is 29.2 Å². The Hall–Kier alpha value is -3.80. The number of halogens is 2. The SMILES string of the molecule is O=C(Nc1c(CNC(=O)c2ccc(Cl)s2)cccc1C(=O)O)c1ccc(N2CCOCC2=O)c(F)c1. The molecular weight excluding hydrogens is 513 g/mol. The molecule has 0 bridgehead atoms. The summed E-state index contributed by atoms with van der Waals surface area (Å²) in [5, 5.41) is 14.8. The Morgan fingerprint density at radius 3 is 2.61 bits per heavy atom. The van der Waals surface area contributed by atoms with Crippen molar-refractivity contribution in [2.45, 2.75) is 6.54 Å². The largest absolute Gasteiger partial charge is 0.478 e. The van der Waals surface area contributed by atoms with Gasteiger partial charge in [-0.2, -0.15) is 0 Å². The Labute approximate surface area is 213 Å². The van der Waals surface area contributed by atoms with E-state index in [0.29, 0.717) is 14.8 Å². The maximum atomic E-state index is 14.8. The fourth-order valence-corrected chi connectivity index (χ4v) is 4.56. The first kappa shape index (κ1) is 25.3. The van der Waals surface area contributed by atoms with E-state index in [2.05, 4.69) is 10.6 Å². The molecule has 2 aromatic carbocycles. The van der Waals surface area contributed by atoms with Gasteiger partial charge >= 0.3 is 5.97 Å². The number of hydrogen-bond donors (Lipinski definition) is 3. The van der Waals surface area contributed by atoms with Gasteiger partial charge in [-0.05, 0) is 42.0 Å². The summed E-state index contributed by atoms with van der Waals surface area (Å²) in [6, 6.07) is 11.1. The van der Waals surface area contributed by atoms with Crippen LogP contribution in [-0.2, 0) is 16.1 Å². The summed E-state index contributed by atoms with van der Waals surface area (Å²) in [7, 11) is 0. The van der Waals surface area contributed by atoms with Crippen LogP contribution in [0.3, 0.4) is 0 Å². The topological polar surface area (TPSA) is 125 Å². The second-order valence-electron chi connectivity index (χ2n) is 7.65. The van der Waals surface area contributed by atoms with Crippen LogP contribution in [0.25, 0.3) is 0 Å². The third-order valence-corrected chi connectivity index (χ3v) is 6.57. The molecular formula is C24H19ClFN3O6S. The van der Waals surface area contributed by atoms with Crippen LogP contribution in [0.1, 0.15) is 36.0 Å². The van der Waals surface area contributed by atoms with Gasteiger partial charge in [0, 0.05) is 18.7 Å². The first-order chi connectivity index (χ1) is 17.2. The van der Waals surface area contributed by atoms with Crippen molar-refractivity contribution >= 4 is 58.0 Å². The number of hydrogen-bond acceptors (Lipinski definition) is 6. The monoisotopic (exact) mass is 531 g/mol. The molecule has 36 heavy (non-hydrogen) atoms. The number of amides is 3. The summed E-state index contributed by atoms with van der Waals surface area (Å²) in [4.78, 5) is 50.7. The Balaban J connectivity index is 1.55. The van der Waals surface area contributed by atoms with Crippen LogP contribution in [0.2, 0.25) is 4.34 Å². The molecule has 186 valence electrons. The fourth-order valence-electron chi connectivity index (χ4n) is 3.60. The maximum absolute atomic E-state index is 14.8. The van der Waals surface area contributed by atoms with Crippen molar-refractivity contribution in [3.05, 3.63) is 80.3 Å². The number of carbonyl (C=O) groups is 4. The molecule has 1 fully saturated rings. The average molecular weight is 532 g/mol. The predicted molar refractivity (Wildman–Crippen MR) is 131 cm³/mol. The standard InChI is InChI=1S/C24H19ClFN3O6S/c25-19-7-6-18(36-19)23(32)27-11-14-2-1-3-15(24(33)34)21(14)28-22(31)13-4-5-17(16(26)10-13)29-8-9-35-12-20(29)30/h1-7,10H,8-9,11-12H2,(H,27,32)(H,28,31)(H,33,34). The molecule has 0 atom stereocenters. The normalized spacial score (nSPS) is 13.4. The Kier molecular flexibility index (Phi) is 7.63. The highest BCUT2D eigenvalue weighted by Crippen LogP contribution is 2.26. The third kappa shape index (κ3) is 5.54. The highest BCUT2D eigenvalue weighted by Gasteiger charge is 2.24. The van der Waals surface area contributed by atoms with Gasteiger partial charge in [0.15, 0.2) is 0 Å². The molecule has 1 aromatic heterocycles. The molecule has 1 saturated heterocycles. The molecule has 9 nitrogen and oxygen atoms in total. The summed E-state index contributed by atoms with van der Waals surface area (Å²) in [5.41, 5.74) is 0.0242. The minimum Gasteiger partial charge on any atom is -0.478 e. The average Bonchev–Trinajstić information content (AvgIpc) is 3.29. The summed E-state index contributed by atoms with van der Waals surface area (Å²) in [5.74, 6) is -3.66. The summed E-state index contributed by atoms with van der Waals surface area (Å²) in [6.07, 6.45) is 0. The number of aromatic carboxylic acids is 1. The zero-order valence-corrected chi connectivity index (χ0v) is 20.1. The summed E-state index contributed by atoms with van der Waals surface area (Å²) in [6.45, 7) is 0.197. The predicted octanol–water partition coefficient (Wildman–Crippen LogP) is 3.78. The van der Waals surface area contributed by atoms with E-state index in [4.69, 9.17) is 16.3 Å². The molecule has 0 radical (unpaired) electrons. The lowest BCUT2D eigenvalue weighted by Crippen LogP contribution is -2.42. The van der Waals surface area contributed by atoms with Gasteiger partial charge in [0.25, 0.3) is 17.7 Å². The van der Waals surface area contributed by atoms with Gasteiger partial charge in [-0.3, -0.25) is 14.4 Å². The highest BCUT2D eigenvalue weighted by molar-refractivity contribution is 7.18. The summed E-state index contributed by atoms with van der Waals surface area (Å²) < 4.78 is 20.3. The number of benzene rings is 2. The van der Waals surface area contributed by atoms with E-state index >= 15 is 0 Å². The first-order valence-electron chi connectivity index (χ1n) is 10.6. The number of ether oxygens (including phenoxy) is 1. The molecule has 1 aliphatic rings. The number of carboxylic acids is 1. The van der Waals surface area contributed by atoms with E-state index in [0.717, 1.165) is 17.4 Å².